The van der Waals surface area contributed by atoms with E-state index in [9.17, 15) is 4.21 Å². The first-order valence-electron chi connectivity index (χ1n) is 5.39. The van der Waals surface area contributed by atoms with Crippen molar-refractivity contribution in [3.8, 4) is 0 Å². The Balaban J connectivity index is 2.56. The summed E-state index contributed by atoms with van der Waals surface area (Å²) in [4.78, 5) is 0.761. The summed E-state index contributed by atoms with van der Waals surface area (Å²) >= 11 is 0. The molecule has 1 rings (SSSR count). The SMILES string of the molecule is COCCCCS(=O)c1cccc(C)c1N. The van der Waals surface area contributed by atoms with Crippen molar-refractivity contribution in [2.24, 2.45) is 0 Å². The molecule has 0 saturated carbocycles. The van der Waals surface area contributed by atoms with E-state index in [1.807, 2.05) is 25.1 Å². The fourth-order valence-corrected chi connectivity index (χ4v) is 2.76. The van der Waals surface area contributed by atoms with Gasteiger partial charge in [-0.3, -0.25) is 4.21 Å². The number of hydrogen-bond donors (Lipinski definition) is 1. The van der Waals surface area contributed by atoms with E-state index in [1.165, 1.54) is 0 Å². The largest absolute Gasteiger partial charge is 0.398 e. The van der Waals surface area contributed by atoms with Crippen LogP contribution in [0.15, 0.2) is 23.1 Å². The zero-order valence-electron chi connectivity index (χ0n) is 9.86. The summed E-state index contributed by atoms with van der Waals surface area (Å²) in [6.45, 7) is 2.65. The molecule has 1 atom stereocenters. The third-order valence-electron chi connectivity index (χ3n) is 2.46. The minimum absolute atomic E-state index is 0.650. The number of nitrogen functional groups attached to an aromatic ring is 1. The zero-order chi connectivity index (χ0) is 12.0. The topological polar surface area (TPSA) is 52.3 Å². The maximum Gasteiger partial charge on any atom is 0.0620 e. The van der Waals surface area contributed by atoms with Gasteiger partial charge in [0.2, 0.25) is 0 Å². The standard InChI is InChI=1S/C12H19NO2S/c1-10-6-5-7-11(12(10)13)16(14)9-4-3-8-15-2/h5-7H,3-4,8-9,13H2,1-2H3. The van der Waals surface area contributed by atoms with E-state index < -0.39 is 10.8 Å². The van der Waals surface area contributed by atoms with Crippen molar-refractivity contribution in [1.82, 2.24) is 0 Å². The number of rotatable bonds is 6. The van der Waals surface area contributed by atoms with Crippen LogP contribution in [0.4, 0.5) is 5.69 Å². The smallest absolute Gasteiger partial charge is 0.0620 e. The van der Waals surface area contributed by atoms with Gasteiger partial charge in [0.15, 0.2) is 0 Å². The molecule has 4 heteroatoms. The summed E-state index contributed by atoms with van der Waals surface area (Å²) in [6.07, 6.45) is 1.84. The van der Waals surface area contributed by atoms with Crippen LogP contribution in [0.3, 0.4) is 0 Å². The Morgan fingerprint density at radius 3 is 2.81 bits per heavy atom. The van der Waals surface area contributed by atoms with Crippen molar-refractivity contribution in [3.05, 3.63) is 23.8 Å². The number of hydrogen-bond acceptors (Lipinski definition) is 3. The highest BCUT2D eigenvalue weighted by molar-refractivity contribution is 7.85. The van der Waals surface area contributed by atoms with E-state index in [-0.39, 0.29) is 0 Å². The Morgan fingerprint density at radius 2 is 2.12 bits per heavy atom. The van der Waals surface area contributed by atoms with Crippen LogP contribution in [0.25, 0.3) is 0 Å². The lowest BCUT2D eigenvalue weighted by molar-refractivity contribution is 0.194. The third-order valence-corrected chi connectivity index (χ3v) is 3.96. The normalized spacial score (nSPS) is 12.6. The van der Waals surface area contributed by atoms with Gasteiger partial charge in [0.1, 0.15) is 0 Å². The zero-order valence-corrected chi connectivity index (χ0v) is 10.7. The highest BCUT2D eigenvalue weighted by Gasteiger charge is 2.08. The predicted octanol–water partition coefficient (Wildman–Crippen LogP) is 2.11. The highest BCUT2D eigenvalue weighted by atomic mass is 32.2. The molecule has 3 nitrogen and oxygen atoms in total. The Labute approximate surface area is 99.4 Å². The van der Waals surface area contributed by atoms with Gasteiger partial charge in [0.05, 0.1) is 21.4 Å². The van der Waals surface area contributed by atoms with Crippen LogP contribution in [0.2, 0.25) is 0 Å². The molecule has 0 aliphatic carbocycles. The van der Waals surface area contributed by atoms with Gasteiger partial charge in [0, 0.05) is 19.5 Å². The van der Waals surface area contributed by atoms with Gasteiger partial charge in [-0.25, -0.2) is 0 Å². The summed E-state index contributed by atoms with van der Waals surface area (Å²) in [5.41, 5.74) is 7.54. The van der Waals surface area contributed by atoms with E-state index in [0.29, 0.717) is 11.4 Å². The van der Waals surface area contributed by atoms with Crippen LogP contribution in [0, 0.1) is 6.92 Å². The molecule has 0 amide bonds. The summed E-state index contributed by atoms with van der Waals surface area (Å²) in [7, 11) is 0.687. The molecule has 0 heterocycles. The number of anilines is 1. The second-order valence-electron chi connectivity index (χ2n) is 3.74. The number of aryl methyl sites for hydroxylation is 1. The Hall–Kier alpha value is -0.870. The van der Waals surface area contributed by atoms with E-state index in [0.717, 1.165) is 29.9 Å². The average molecular weight is 241 g/mol. The quantitative estimate of drug-likeness (QED) is 0.613. The summed E-state index contributed by atoms with van der Waals surface area (Å²) in [6, 6.07) is 5.67. The summed E-state index contributed by atoms with van der Waals surface area (Å²) in [5, 5.41) is 0. The fraction of sp³-hybridized carbons (Fsp3) is 0.500. The number of unbranched alkanes of at least 4 members (excludes halogenated alkanes) is 1. The van der Waals surface area contributed by atoms with Gasteiger partial charge in [-0.2, -0.15) is 0 Å². The lowest BCUT2D eigenvalue weighted by Crippen LogP contribution is -2.04. The third kappa shape index (κ3) is 3.61. The predicted molar refractivity (Wildman–Crippen MR) is 68.0 cm³/mol. The van der Waals surface area contributed by atoms with Crippen LogP contribution in [0.1, 0.15) is 18.4 Å². The first-order valence-corrected chi connectivity index (χ1v) is 6.71. The van der Waals surface area contributed by atoms with E-state index in [4.69, 9.17) is 10.5 Å². The summed E-state index contributed by atoms with van der Waals surface area (Å²) < 4.78 is 16.9. The van der Waals surface area contributed by atoms with Crippen molar-refractivity contribution in [3.63, 3.8) is 0 Å². The van der Waals surface area contributed by atoms with E-state index >= 15 is 0 Å². The van der Waals surface area contributed by atoms with Crippen LogP contribution < -0.4 is 5.73 Å². The number of nitrogens with two attached hydrogens (primary N) is 1. The van der Waals surface area contributed by atoms with Crippen molar-refractivity contribution >= 4 is 16.5 Å². The van der Waals surface area contributed by atoms with Crippen LogP contribution >= 0.6 is 0 Å². The summed E-state index contributed by atoms with van der Waals surface area (Å²) in [5.74, 6) is 0.650. The molecule has 2 N–H and O–H groups in total. The Kier molecular flexibility index (Phi) is 5.49. The monoisotopic (exact) mass is 241 g/mol. The molecule has 0 aromatic heterocycles. The molecule has 0 aliphatic heterocycles. The van der Waals surface area contributed by atoms with E-state index in [2.05, 4.69) is 0 Å². The molecule has 0 saturated heterocycles. The molecule has 0 fully saturated rings. The molecule has 1 unspecified atom stereocenters. The minimum Gasteiger partial charge on any atom is -0.398 e. The maximum absolute atomic E-state index is 12.0. The lowest BCUT2D eigenvalue weighted by Gasteiger charge is -2.07. The van der Waals surface area contributed by atoms with Gasteiger partial charge in [0.25, 0.3) is 0 Å². The van der Waals surface area contributed by atoms with Gasteiger partial charge < -0.3 is 10.5 Å². The lowest BCUT2D eigenvalue weighted by atomic mass is 10.2. The molecular weight excluding hydrogens is 222 g/mol. The van der Waals surface area contributed by atoms with Crippen LogP contribution in [-0.4, -0.2) is 23.7 Å². The van der Waals surface area contributed by atoms with Gasteiger partial charge in [-0.05, 0) is 31.4 Å². The fourth-order valence-electron chi connectivity index (χ4n) is 1.44. The van der Waals surface area contributed by atoms with Crippen LogP contribution in [0.5, 0.6) is 0 Å². The molecule has 1 aromatic rings. The van der Waals surface area contributed by atoms with Crippen molar-refractivity contribution in [2.75, 3.05) is 25.2 Å². The molecule has 90 valence electrons. The molecule has 0 bridgehead atoms. The van der Waals surface area contributed by atoms with Gasteiger partial charge in [-0.15, -0.1) is 0 Å². The van der Waals surface area contributed by atoms with Crippen molar-refractivity contribution in [2.45, 2.75) is 24.7 Å². The molecule has 16 heavy (non-hydrogen) atoms. The first kappa shape index (κ1) is 13.2. The number of benzene rings is 1. The van der Waals surface area contributed by atoms with Crippen molar-refractivity contribution in [1.29, 1.82) is 0 Å². The number of para-hydroxylation sites is 1. The van der Waals surface area contributed by atoms with Gasteiger partial charge >= 0.3 is 0 Å². The number of ether oxygens (including phenoxy) is 1. The molecule has 0 spiro atoms. The molecule has 1 aromatic carbocycles. The van der Waals surface area contributed by atoms with Gasteiger partial charge in [-0.1, -0.05) is 12.1 Å². The molecule has 0 aliphatic rings. The maximum atomic E-state index is 12.0. The Morgan fingerprint density at radius 1 is 1.38 bits per heavy atom. The Bertz CT molecular complexity index is 366. The second-order valence-corrected chi connectivity index (χ2v) is 5.28. The average Bonchev–Trinajstić information content (AvgIpc) is 2.28. The molecule has 0 radical (unpaired) electrons. The highest BCUT2D eigenvalue weighted by Crippen LogP contribution is 2.20. The second kappa shape index (κ2) is 6.66. The first-order chi connectivity index (χ1) is 7.66. The molecular formula is C12H19NO2S. The van der Waals surface area contributed by atoms with Crippen LogP contribution in [-0.2, 0) is 15.5 Å². The van der Waals surface area contributed by atoms with E-state index in [1.54, 1.807) is 7.11 Å². The number of methoxy groups -OCH3 is 1. The minimum atomic E-state index is -0.989. The van der Waals surface area contributed by atoms with Crippen molar-refractivity contribution < 1.29 is 8.95 Å².